The van der Waals surface area contributed by atoms with E-state index in [9.17, 15) is 14.4 Å². The van der Waals surface area contributed by atoms with Gasteiger partial charge >= 0.3 is 5.69 Å². The predicted octanol–water partition coefficient (Wildman–Crippen LogP) is 1.82. The SMILES string of the molecule is Cc1cc2nc3c(=O)[nH]c(=O)nc-3n(CCNCCCC(=O)NOCc3ccccc3)c2cc1C. The van der Waals surface area contributed by atoms with Crippen LogP contribution < -0.4 is 22.0 Å². The van der Waals surface area contributed by atoms with Crippen LogP contribution in [0.1, 0.15) is 29.5 Å². The van der Waals surface area contributed by atoms with Crippen LogP contribution in [0.4, 0.5) is 0 Å². The molecule has 2 aliphatic heterocycles. The van der Waals surface area contributed by atoms with Gasteiger partial charge in [0.2, 0.25) is 5.91 Å². The first-order valence-electron chi connectivity index (χ1n) is 11.5. The summed E-state index contributed by atoms with van der Waals surface area (Å²) in [5.74, 6) is 0.0757. The van der Waals surface area contributed by atoms with Gasteiger partial charge in [-0.3, -0.25) is 19.4 Å². The smallest absolute Gasteiger partial charge is 0.321 e. The average molecular weight is 477 g/mol. The normalized spacial score (nSPS) is 11.3. The van der Waals surface area contributed by atoms with Crippen molar-refractivity contribution in [2.75, 3.05) is 13.1 Å². The van der Waals surface area contributed by atoms with E-state index < -0.39 is 11.2 Å². The Balaban J connectivity index is 1.33. The number of benzene rings is 2. The number of aromatic amines is 1. The van der Waals surface area contributed by atoms with E-state index in [1.165, 1.54) is 0 Å². The summed E-state index contributed by atoms with van der Waals surface area (Å²) in [7, 11) is 0. The van der Waals surface area contributed by atoms with Crippen molar-refractivity contribution in [3.63, 3.8) is 0 Å². The van der Waals surface area contributed by atoms with Crippen molar-refractivity contribution in [3.8, 4) is 11.5 Å². The number of hydroxylamine groups is 1. The van der Waals surface area contributed by atoms with Gasteiger partial charge in [0.25, 0.3) is 5.56 Å². The van der Waals surface area contributed by atoms with Crippen molar-refractivity contribution < 1.29 is 9.63 Å². The van der Waals surface area contributed by atoms with Gasteiger partial charge in [0.05, 0.1) is 17.6 Å². The number of aromatic nitrogens is 4. The molecule has 2 aromatic carbocycles. The van der Waals surface area contributed by atoms with Crippen LogP contribution in [-0.2, 0) is 22.8 Å². The zero-order valence-electron chi connectivity index (χ0n) is 19.8. The molecule has 0 aliphatic carbocycles. The molecule has 182 valence electrons. The molecule has 1 amide bonds. The van der Waals surface area contributed by atoms with Gasteiger partial charge in [0.1, 0.15) is 0 Å². The van der Waals surface area contributed by atoms with Gasteiger partial charge in [-0.2, -0.15) is 4.98 Å². The van der Waals surface area contributed by atoms with E-state index in [1.54, 1.807) is 0 Å². The molecule has 2 aliphatic rings. The summed E-state index contributed by atoms with van der Waals surface area (Å²) in [4.78, 5) is 52.1. The molecule has 0 aromatic heterocycles. The van der Waals surface area contributed by atoms with Crippen molar-refractivity contribution in [2.24, 2.45) is 0 Å². The lowest BCUT2D eigenvalue weighted by molar-refractivity contribution is -0.134. The second-order valence-corrected chi connectivity index (χ2v) is 8.38. The lowest BCUT2D eigenvalue weighted by Crippen LogP contribution is -2.30. The van der Waals surface area contributed by atoms with Gasteiger partial charge < -0.3 is 9.88 Å². The molecule has 2 heterocycles. The molecule has 10 heteroatoms. The van der Waals surface area contributed by atoms with Gasteiger partial charge in [-0.15, -0.1) is 0 Å². The average Bonchev–Trinajstić information content (AvgIpc) is 2.83. The van der Waals surface area contributed by atoms with Crippen LogP contribution in [0.5, 0.6) is 0 Å². The van der Waals surface area contributed by atoms with E-state index in [0.29, 0.717) is 44.6 Å². The summed E-state index contributed by atoms with van der Waals surface area (Å²) >= 11 is 0. The number of nitrogens with zero attached hydrogens (tertiary/aromatic N) is 3. The van der Waals surface area contributed by atoms with Crippen LogP contribution >= 0.6 is 0 Å². The number of aryl methyl sites for hydroxylation is 2. The van der Waals surface area contributed by atoms with Crippen molar-refractivity contribution >= 4 is 16.9 Å². The van der Waals surface area contributed by atoms with E-state index in [-0.39, 0.29) is 17.4 Å². The largest absolute Gasteiger partial charge is 0.349 e. The number of hydrogen-bond donors (Lipinski definition) is 3. The zero-order chi connectivity index (χ0) is 24.8. The first kappa shape index (κ1) is 24.2. The van der Waals surface area contributed by atoms with Crippen LogP contribution in [-0.4, -0.2) is 38.5 Å². The minimum Gasteiger partial charge on any atom is -0.321 e. The Labute approximate surface area is 201 Å². The van der Waals surface area contributed by atoms with Gasteiger partial charge in [-0.05, 0) is 55.6 Å². The van der Waals surface area contributed by atoms with Gasteiger partial charge in [-0.1, -0.05) is 30.3 Å². The molecule has 0 unspecified atom stereocenters. The Morgan fingerprint density at radius 1 is 1.06 bits per heavy atom. The molecule has 3 N–H and O–H groups in total. The van der Waals surface area contributed by atoms with Crippen molar-refractivity contribution in [1.29, 1.82) is 0 Å². The first-order chi connectivity index (χ1) is 16.9. The maximum atomic E-state index is 12.3. The topological polar surface area (TPSA) is 131 Å². The zero-order valence-corrected chi connectivity index (χ0v) is 19.8. The van der Waals surface area contributed by atoms with Crippen LogP contribution in [0.25, 0.3) is 22.6 Å². The standard InChI is InChI=1S/C25H28N6O4/c1-16-13-19-20(14-17(16)2)31(23-22(27-19)24(33)29-25(34)28-23)12-11-26-10-6-9-21(32)30-35-15-18-7-4-3-5-8-18/h3-5,7-8,13-14,26H,6,9-12,15H2,1-2H3,(H,30,32)(H,29,33,34). The maximum Gasteiger partial charge on any atom is 0.349 e. The Morgan fingerprint density at radius 3 is 2.63 bits per heavy atom. The Morgan fingerprint density at radius 2 is 1.83 bits per heavy atom. The highest BCUT2D eigenvalue weighted by atomic mass is 16.6. The molecule has 2 aromatic rings. The summed E-state index contributed by atoms with van der Waals surface area (Å²) in [6, 6.07) is 13.5. The van der Waals surface area contributed by atoms with Gasteiger partial charge in [0, 0.05) is 19.5 Å². The van der Waals surface area contributed by atoms with Gasteiger partial charge in [-0.25, -0.2) is 15.3 Å². The first-order valence-corrected chi connectivity index (χ1v) is 11.5. The Kier molecular flexibility index (Phi) is 7.64. The quantitative estimate of drug-likeness (QED) is 0.181. The molecule has 35 heavy (non-hydrogen) atoms. The molecule has 0 atom stereocenters. The highest BCUT2D eigenvalue weighted by Crippen LogP contribution is 2.23. The van der Waals surface area contributed by atoms with Crippen molar-refractivity contribution in [3.05, 3.63) is 80.0 Å². The number of carbonyl (C=O) groups is 1. The fraction of sp³-hybridized carbons (Fsp3) is 0.320. The molecule has 0 radical (unpaired) electrons. The van der Waals surface area contributed by atoms with E-state index in [1.807, 2.05) is 60.9 Å². The number of H-pyrrole nitrogens is 1. The summed E-state index contributed by atoms with van der Waals surface area (Å²) < 4.78 is 1.85. The van der Waals surface area contributed by atoms with Crippen LogP contribution in [0.2, 0.25) is 0 Å². The Bertz CT molecular complexity index is 1410. The summed E-state index contributed by atoms with van der Waals surface area (Å²) in [6.07, 6.45) is 0.953. The molecule has 0 spiro atoms. The van der Waals surface area contributed by atoms with Gasteiger partial charge in [0.15, 0.2) is 11.5 Å². The lowest BCUT2D eigenvalue weighted by atomic mass is 10.1. The van der Waals surface area contributed by atoms with E-state index in [2.05, 4.69) is 25.7 Å². The van der Waals surface area contributed by atoms with Crippen LogP contribution in [0.3, 0.4) is 0 Å². The van der Waals surface area contributed by atoms with Crippen molar-refractivity contribution in [1.82, 2.24) is 30.3 Å². The molecule has 0 fully saturated rings. The summed E-state index contributed by atoms with van der Waals surface area (Å²) in [6.45, 7) is 5.95. The highest BCUT2D eigenvalue weighted by molar-refractivity contribution is 5.81. The number of nitrogens with one attached hydrogen (secondary N) is 3. The van der Waals surface area contributed by atoms with Crippen LogP contribution in [0, 0.1) is 13.8 Å². The summed E-state index contributed by atoms with van der Waals surface area (Å²) in [5.41, 5.74) is 5.92. The third-order valence-corrected chi connectivity index (χ3v) is 5.76. The molecule has 4 rings (SSSR count). The Hall–Kier alpha value is -3.89. The fourth-order valence-corrected chi connectivity index (χ4v) is 3.79. The van der Waals surface area contributed by atoms with E-state index in [0.717, 1.165) is 22.2 Å². The maximum absolute atomic E-state index is 12.3. The highest BCUT2D eigenvalue weighted by Gasteiger charge is 2.19. The van der Waals surface area contributed by atoms with Crippen molar-refractivity contribution in [2.45, 2.75) is 39.8 Å². The fourth-order valence-electron chi connectivity index (χ4n) is 3.79. The minimum absolute atomic E-state index is 0.132. The number of carbonyl (C=O) groups excluding carboxylic acids is 1. The predicted molar refractivity (Wildman–Crippen MR) is 132 cm³/mol. The van der Waals surface area contributed by atoms with E-state index in [4.69, 9.17) is 4.84 Å². The lowest BCUT2D eigenvalue weighted by Gasteiger charge is -2.18. The third kappa shape index (κ3) is 5.97. The minimum atomic E-state index is -0.699. The number of rotatable bonds is 10. The molecular formula is C25H28N6O4. The second kappa shape index (κ2) is 11.0. The molecule has 0 saturated heterocycles. The second-order valence-electron chi connectivity index (χ2n) is 8.38. The van der Waals surface area contributed by atoms with Crippen LogP contribution in [0.15, 0.2) is 52.1 Å². The molecule has 10 nitrogen and oxygen atoms in total. The molecule has 0 saturated carbocycles. The molecular weight excluding hydrogens is 448 g/mol. The molecule has 0 bridgehead atoms. The third-order valence-electron chi connectivity index (χ3n) is 5.76. The number of fused-ring (bicyclic) bond motifs is 2. The number of hydrogen-bond acceptors (Lipinski definition) is 7. The monoisotopic (exact) mass is 476 g/mol. The van der Waals surface area contributed by atoms with E-state index >= 15 is 0 Å². The summed E-state index contributed by atoms with van der Waals surface area (Å²) in [5, 5.41) is 3.30. The number of amides is 1.